The van der Waals surface area contributed by atoms with Crippen LogP contribution in [0.5, 0.6) is 17.2 Å². The molecular weight excluding hydrogens is 814 g/mol. The van der Waals surface area contributed by atoms with Gasteiger partial charge < -0.3 is 23.7 Å². The molecule has 0 spiro atoms. The van der Waals surface area contributed by atoms with Gasteiger partial charge >= 0.3 is 0 Å². The Labute approximate surface area is 376 Å². The van der Waals surface area contributed by atoms with Crippen molar-refractivity contribution in [2.45, 2.75) is 72.5 Å². The first-order valence-corrected chi connectivity index (χ1v) is 22.9. The third-order valence-corrected chi connectivity index (χ3v) is 12.7. The van der Waals surface area contributed by atoms with Gasteiger partial charge in [0, 0.05) is 35.8 Å². The normalized spacial score (nSPS) is 13.3. The number of unbranched alkanes of at least 4 members (excludes halogenated alkanes) is 3. The SMILES string of the molecule is C=CCCN(/N=C/c1c(COc2ccc(OCc3ccc(-c4ccccc4)cc3)c(Cl)c2)cc(C)c(OCCCCCCOCC2(CC)COC2)c1C)c1nc2ccccc2s1. The van der Waals surface area contributed by atoms with Crippen LogP contribution in [0, 0.1) is 19.3 Å². The quantitative estimate of drug-likeness (QED) is 0.0259. The van der Waals surface area contributed by atoms with E-state index in [-0.39, 0.29) is 5.41 Å². The van der Waals surface area contributed by atoms with Gasteiger partial charge in [-0.05, 0) is 104 Å². The van der Waals surface area contributed by atoms with Gasteiger partial charge in [-0.2, -0.15) is 5.10 Å². The van der Waals surface area contributed by atoms with Gasteiger partial charge in [0.2, 0.25) is 5.13 Å². The number of hydrazone groups is 1. The number of hydrogen-bond acceptors (Lipinski definition) is 9. The van der Waals surface area contributed by atoms with Gasteiger partial charge in [-0.25, -0.2) is 9.99 Å². The number of aromatic nitrogens is 1. The molecule has 0 unspecified atom stereocenters. The molecule has 2 heterocycles. The maximum Gasteiger partial charge on any atom is 0.207 e. The van der Waals surface area contributed by atoms with Crippen LogP contribution in [0.25, 0.3) is 21.3 Å². The summed E-state index contributed by atoms with van der Waals surface area (Å²) in [5.74, 6) is 2.12. The molecule has 0 amide bonds. The molecule has 6 aromatic rings. The maximum absolute atomic E-state index is 6.76. The molecule has 1 aliphatic rings. The molecule has 1 aliphatic heterocycles. The van der Waals surface area contributed by atoms with E-state index in [0.29, 0.717) is 42.9 Å². The van der Waals surface area contributed by atoms with Crippen LogP contribution in [0.4, 0.5) is 5.13 Å². The molecule has 1 aromatic heterocycles. The second-order valence-corrected chi connectivity index (χ2v) is 17.4. The lowest BCUT2D eigenvalue weighted by Crippen LogP contribution is -2.45. The molecule has 1 saturated heterocycles. The van der Waals surface area contributed by atoms with Gasteiger partial charge in [0.1, 0.15) is 30.5 Å². The third-order valence-electron chi connectivity index (χ3n) is 11.4. The van der Waals surface area contributed by atoms with E-state index in [1.54, 1.807) is 11.3 Å². The molecule has 0 saturated carbocycles. The number of para-hydroxylation sites is 1. The number of nitrogens with zero attached hydrogens (tertiary/aromatic N) is 3. The lowest BCUT2D eigenvalue weighted by Gasteiger charge is -2.40. The zero-order valence-electron chi connectivity index (χ0n) is 36.2. The van der Waals surface area contributed by atoms with Crippen molar-refractivity contribution < 1.29 is 23.7 Å². The van der Waals surface area contributed by atoms with E-state index in [1.807, 2.05) is 71.9 Å². The second kappa shape index (κ2) is 22.2. The molecule has 0 bridgehead atoms. The van der Waals surface area contributed by atoms with Gasteiger partial charge in [-0.3, -0.25) is 0 Å². The largest absolute Gasteiger partial charge is 0.493 e. The van der Waals surface area contributed by atoms with E-state index in [0.717, 1.165) is 119 Å². The summed E-state index contributed by atoms with van der Waals surface area (Å²) in [4.78, 5) is 4.91. The molecule has 8 nitrogen and oxygen atoms in total. The average molecular weight is 873 g/mol. The summed E-state index contributed by atoms with van der Waals surface area (Å²) in [5.41, 5.74) is 8.58. The number of halogens is 1. The molecule has 1 fully saturated rings. The summed E-state index contributed by atoms with van der Waals surface area (Å²) in [6.07, 6.45) is 9.89. The third kappa shape index (κ3) is 11.8. The fourth-order valence-electron chi connectivity index (χ4n) is 7.44. The minimum Gasteiger partial charge on any atom is -0.493 e. The standard InChI is InChI=1S/C52H58ClN3O5S/c1-5-7-27-56(51-55-47-19-13-14-20-49(47)62-51)54-32-45-39(4)50(59-29-16-9-8-15-28-57-35-52(6-2)36-58-37-52)38(3)30-43(45)34-60-44-25-26-48(46(53)31-44)61-33-40-21-23-42(24-22-40)41-17-11-10-12-18-41/h5,10-14,17-26,30-32H,1,6-9,15-16,27-29,33-37H2,2-4H3/b54-32+. The Morgan fingerprint density at radius 2 is 1.61 bits per heavy atom. The molecule has 324 valence electrons. The average Bonchev–Trinajstić information content (AvgIpc) is 3.72. The van der Waals surface area contributed by atoms with E-state index < -0.39 is 0 Å². The topological polar surface area (TPSA) is 74.6 Å². The first-order valence-electron chi connectivity index (χ1n) is 21.7. The molecule has 10 heteroatoms. The highest BCUT2D eigenvalue weighted by Gasteiger charge is 2.36. The zero-order chi connectivity index (χ0) is 43.2. The van der Waals surface area contributed by atoms with Crippen LogP contribution in [0.1, 0.15) is 73.3 Å². The highest BCUT2D eigenvalue weighted by Crippen LogP contribution is 2.35. The molecule has 5 aromatic carbocycles. The van der Waals surface area contributed by atoms with Crippen molar-refractivity contribution in [1.82, 2.24) is 4.98 Å². The van der Waals surface area contributed by atoms with Gasteiger partial charge in [0.25, 0.3) is 0 Å². The predicted molar refractivity (Wildman–Crippen MR) is 256 cm³/mol. The lowest BCUT2D eigenvalue weighted by atomic mass is 9.84. The summed E-state index contributed by atoms with van der Waals surface area (Å²) < 4.78 is 31.6. The highest BCUT2D eigenvalue weighted by molar-refractivity contribution is 7.22. The number of ether oxygens (including phenoxy) is 5. The number of fused-ring (bicyclic) bond motifs is 1. The lowest BCUT2D eigenvalue weighted by molar-refractivity contribution is -0.150. The summed E-state index contributed by atoms with van der Waals surface area (Å²) in [6, 6.07) is 34.6. The number of hydrogen-bond donors (Lipinski definition) is 0. The second-order valence-electron chi connectivity index (χ2n) is 16.0. The monoisotopic (exact) mass is 871 g/mol. The van der Waals surface area contributed by atoms with Crippen LogP contribution >= 0.6 is 22.9 Å². The number of thiazole rings is 1. The van der Waals surface area contributed by atoms with Crippen molar-refractivity contribution in [3.8, 4) is 28.4 Å². The number of aryl methyl sites for hydroxylation is 1. The Kier molecular flexibility index (Phi) is 16.1. The predicted octanol–water partition coefficient (Wildman–Crippen LogP) is 13.2. The van der Waals surface area contributed by atoms with Crippen LogP contribution in [0.2, 0.25) is 5.02 Å². The summed E-state index contributed by atoms with van der Waals surface area (Å²) >= 11 is 8.39. The molecule has 0 aliphatic carbocycles. The maximum atomic E-state index is 6.76. The fourth-order valence-corrected chi connectivity index (χ4v) is 8.61. The van der Waals surface area contributed by atoms with E-state index in [4.69, 9.17) is 45.4 Å². The first-order chi connectivity index (χ1) is 30.3. The van der Waals surface area contributed by atoms with Crippen LogP contribution in [-0.2, 0) is 22.7 Å². The summed E-state index contributed by atoms with van der Waals surface area (Å²) in [6.45, 7) is 15.6. The van der Waals surface area contributed by atoms with Crippen molar-refractivity contribution in [2.75, 3.05) is 44.6 Å². The van der Waals surface area contributed by atoms with Gasteiger partial charge in [0.05, 0.1) is 47.9 Å². The van der Waals surface area contributed by atoms with E-state index in [1.165, 1.54) is 5.56 Å². The van der Waals surface area contributed by atoms with Crippen molar-refractivity contribution in [1.29, 1.82) is 0 Å². The molecule has 7 rings (SSSR count). The van der Waals surface area contributed by atoms with Gasteiger partial charge in [-0.1, -0.05) is 109 Å². The summed E-state index contributed by atoms with van der Waals surface area (Å²) in [7, 11) is 0. The van der Waals surface area contributed by atoms with Crippen LogP contribution in [0.3, 0.4) is 0 Å². The number of anilines is 1. The summed E-state index contributed by atoms with van der Waals surface area (Å²) in [5, 5.41) is 8.32. The molecular formula is C52H58ClN3O5S. The minimum absolute atomic E-state index is 0.237. The van der Waals surface area contributed by atoms with Crippen molar-refractivity contribution in [3.63, 3.8) is 0 Å². The Hall–Kier alpha value is -5.19. The van der Waals surface area contributed by atoms with Crippen LogP contribution in [0.15, 0.2) is 121 Å². The van der Waals surface area contributed by atoms with E-state index >= 15 is 0 Å². The highest BCUT2D eigenvalue weighted by atomic mass is 35.5. The van der Waals surface area contributed by atoms with Crippen molar-refractivity contribution in [2.24, 2.45) is 10.5 Å². The molecule has 0 radical (unpaired) electrons. The first kappa shape index (κ1) is 44.9. The minimum atomic E-state index is 0.237. The smallest absolute Gasteiger partial charge is 0.207 e. The number of rotatable bonds is 24. The molecule has 62 heavy (non-hydrogen) atoms. The molecule has 0 atom stereocenters. The van der Waals surface area contributed by atoms with Gasteiger partial charge in [0.15, 0.2) is 0 Å². The van der Waals surface area contributed by atoms with Crippen LogP contribution < -0.4 is 19.2 Å². The van der Waals surface area contributed by atoms with Crippen molar-refractivity contribution >= 4 is 44.5 Å². The van der Waals surface area contributed by atoms with E-state index in [2.05, 4.69) is 75.9 Å². The Morgan fingerprint density at radius 3 is 2.34 bits per heavy atom. The van der Waals surface area contributed by atoms with Gasteiger partial charge in [-0.15, -0.1) is 6.58 Å². The Morgan fingerprint density at radius 1 is 0.855 bits per heavy atom. The van der Waals surface area contributed by atoms with Crippen LogP contribution in [-0.4, -0.2) is 50.8 Å². The van der Waals surface area contributed by atoms with E-state index in [9.17, 15) is 0 Å². The van der Waals surface area contributed by atoms with Crippen molar-refractivity contribution in [3.05, 3.63) is 149 Å². The fraction of sp³-hybridized carbons (Fsp3) is 0.346. The number of benzene rings is 5. The zero-order valence-corrected chi connectivity index (χ0v) is 37.8. The Bertz CT molecular complexity index is 2360. The Balaban J connectivity index is 1.01. The molecule has 0 N–H and O–H groups in total.